The van der Waals surface area contributed by atoms with Crippen LogP contribution in [0.15, 0.2) is 42.5 Å². The van der Waals surface area contributed by atoms with Crippen LogP contribution in [0.3, 0.4) is 0 Å². The number of ether oxygens (including phenoxy) is 1. The molecule has 0 saturated carbocycles. The van der Waals surface area contributed by atoms with Crippen molar-refractivity contribution < 1.29 is 28.2 Å². The maximum atomic E-state index is 13.5. The van der Waals surface area contributed by atoms with Crippen LogP contribution >= 0.6 is 0 Å². The fourth-order valence-electron chi connectivity index (χ4n) is 3.18. The molecule has 1 fully saturated rings. The van der Waals surface area contributed by atoms with Gasteiger partial charge in [-0.15, -0.1) is 0 Å². The molecule has 1 saturated heterocycles. The zero-order valence-corrected chi connectivity index (χ0v) is 14.7. The lowest BCUT2D eigenvalue weighted by Crippen LogP contribution is -2.43. The number of rotatable bonds is 5. The summed E-state index contributed by atoms with van der Waals surface area (Å²) < 4.78 is 32.0. The molecule has 5 nitrogen and oxygen atoms in total. The van der Waals surface area contributed by atoms with Crippen LogP contribution in [0.25, 0.3) is 0 Å². The standard InChI is InChI=1S/C20H19F2NO4/c1-12(7-14-9-16(21)18(24)17(22)10-14)19(25)23-15(11-27-20(23)26)8-13-5-3-2-4-6-13/h2-6,9-10,12,15,24H,7-8,11H2,1H3/t12-,15?/m0/s1. The molecule has 0 bridgehead atoms. The second kappa shape index (κ2) is 7.73. The molecule has 0 spiro atoms. The Kier molecular flexibility index (Phi) is 5.39. The summed E-state index contributed by atoms with van der Waals surface area (Å²) >= 11 is 0. The van der Waals surface area contributed by atoms with Gasteiger partial charge in [0.15, 0.2) is 17.4 Å². The molecule has 0 aliphatic carbocycles. The van der Waals surface area contributed by atoms with Gasteiger partial charge in [0.25, 0.3) is 0 Å². The quantitative estimate of drug-likeness (QED) is 0.869. The number of phenolic OH excluding ortho intramolecular Hbond substituents is 1. The Morgan fingerprint density at radius 1 is 1.22 bits per heavy atom. The Morgan fingerprint density at radius 2 is 1.85 bits per heavy atom. The fraction of sp³-hybridized carbons (Fsp3) is 0.300. The Hall–Kier alpha value is -2.96. The first kappa shape index (κ1) is 18.8. The summed E-state index contributed by atoms with van der Waals surface area (Å²) in [7, 11) is 0. The zero-order chi connectivity index (χ0) is 19.6. The highest BCUT2D eigenvalue weighted by Crippen LogP contribution is 2.25. The van der Waals surface area contributed by atoms with E-state index in [2.05, 4.69) is 0 Å². The number of aromatic hydroxyl groups is 1. The van der Waals surface area contributed by atoms with Crippen LogP contribution in [0.5, 0.6) is 5.75 Å². The summed E-state index contributed by atoms with van der Waals surface area (Å²) in [6, 6.07) is 10.9. The van der Waals surface area contributed by atoms with E-state index in [4.69, 9.17) is 9.84 Å². The number of benzene rings is 2. The maximum absolute atomic E-state index is 13.5. The number of carbonyl (C=O) groups excluding carboxylic acids is 2. The lowest BCUT2D eigenvalue weighted by molar-refractivity contribution is -0.132. The van der Waals surface area contributed by atoms with E-state index in [1.165, 1.54) is 0 Å². The van der Waals surface area contributed by atoms with Gasteiger partial charge in [0.1, 0.15) is 6.61 Å². The summed E-state index contributed by atoms with van der Waals surface area (Å²) in [6.45, 7) is 1.69. The number of hydrogen-bond acceptors (Lipinski definition) is 4. The number of carbonyl (C=O) groups is 2. The SMILES string of the molecule is C[C@@H](Cc1cc(F)c(O)c(F)c1)C(=O)N1C(=O)OCC1Cc1ccccc1. The molecule has 142 valence electrons. The molecule has 1 aliphatic rings. The van der Waals surface area contributed by atoms with Gasteiger partial charge in [-0.25, -0.2) is 18.5 Å². The number of phenols is 1. The molecule has 2 amide bonds. The zero-order valence-electron chi connectivity index (χ0n) is 14.7. The normalized spacial score (nSPS) is 17.7. The molecule has 2 atom stereocenters. The second-order valence-electron chi connectivity index (χ2n) is 6.64. The van der Waals surface area contributed by atoms with Crippen LogP contribution in [0.1, 0.15) is 18.1 Å². The van der Waals surface area contributed by atoms with E-state index in [1.807, 2.05) is 30.3 Å². The molecule has 2 aromatic carbocycles. The van der Waals surface area contributed by atoms with E-state index in [0.717, 1.165) is 22.6 Å². The minimum atomic E-state index is -1.09. The number of nitrogens with zero attached hydrogens (tertiary/aromatic N) is 1. The fourth-order valence-corrected chi connectivity index (χ4v) is 3.18. The minimum absolute atomic E-state index is 0.0226. The Bertz CT molecular complexity index is 833. The predicted molar refractivity (Wildman–Crippen MR) is 93.0 cm³/mol. The van der Waals surface area contributed by atoms with Gasteiger partial charge in [0.2, 0.25) is 5.91 Å². The van der Waals surface area contributed by atoms with Gasteiger partial charge in [-0.3, -0.25) is 4.79 Å². The third-order valence-electron chi connectivity index (χ3n) is 4.55. The molecule has 1 unspecified atom stereocenters. The van der Waals surface area contributed by atoms with Gasteiger partial charge < -0.3 is 9.84 Å². The topological polar surface area (TPSA) is 66.8 Å². The summed E-state index contributed by atoms with van der Waals surface area (Å²) in [5.74, 6) is -4.40. The van der Waals surface area contributed by atoms with Gasteiger partial charge in [-0.05, 0) is 36.1 Å². The predicted octanol–water partition coefficient (Wildman–Crippen LogP) is 3.44. The van der Waals surface area contributed by atoms with E-state index in [-0.39, 0.29) is 18.6 Å². The van der Waals surface area contributed by atoms with Gasteiger partial charge >= 0.3 is 6.09 Å². The first-order chi connectivity index (χ1) is 12.9. The molecule has 1 N–H and O–H groups in total. The van der Waals surface area contributed by atoms with Crippen LogP contribution in [0, 0.1) is 17.6 Å². The van der Waals surface area contributed by atoms with Crippen molar-refractivity contribution in [3.63, 3.8) is 0 Å². The largest absolute Gasteiger partial charge is 0.503 e. The van der Waals surface area contributed by atoms with E-state index in [1.54, 1.807) is 6.92 Å². The number of hydrogen-bond donors (Lipinski definition) is 1. The smallest absolute Gasteiger partial charge is 0.416 e. The van der Waals surface area contributed by atoms with Crippen LogP contribution in [0.2, 0.25) is 0 Å². The molecule has 1 heterocycles. The third-order valence-corrected chi connectivity index (χ3v) is 4.55. The van der Waals surface area contributed by atoms with Gasteiger partial charge in [0.05, 0.1) is 6.04 Å². The van der Waals surface area contributed by atoms with Crippen molar-refractivity contribution in [2.24, 2.45) is 5.92 Å². The lowest BCUT2D eigenvalue weighted by Gasteiger charge is -2.23. The monoisotopic (exact) mass is 375 g/mol. The van der Waals surface area contributed by atoms with E-state index in [9.17, 15) is 18.4 Å². The van der Waals surface area contributed by atoms with Crippen molar-refractivity contribution in [3.8, 4) is 5.75 Å². The maximum Gasteiger partial charge on any atom is 0.416 e. The highest BCUT2D eigenvalue weighted by Gasteiger charge is 2.39. The number of halogens is 2. The van der Waals surface area contributed by atoms with Crippen LogP contribution in [-0.4, -0.2) is 34.7 Å². The molecular formula is C20H19F2NO4. The molecule has 0 radical (unpaired) electrons. The molecule has 27 heavy (non-hydrogen) atoms. The van der Waals surface area contributed by atoms with Crippen molar-refractivity contribution in [2.45, 2.75) is 25.8 Å². The first-order valence-corrected chi connectivity index (χ1v) is 8.57. The summed E-state index contributed by atoms with van der Waals surface area (Å²) in [5, 5.41) is 9.17. The van der Waals surface area contributed by atoms with E-state index < -0.39 is 41.3 Å². The van der Waals surface area contributed by atoms with Crippen molar-refractivity contribution in [1.82, 2.24) is 4.90 Å². The molecule has 0 aromatic heterocycles. The Morgan fingerprint density at radius 3 is 2.48 bits per heavy atom. The van der Waals surface area contributed by atoms with Crippen LogP contribution in [0.4, 0.5) is 13.6 Å². The molecule has 1 aliphatic heterocycles. The average Bonchev–Trinajstić information content (AvgIpc) is 3.00. The van der Waals surface area contributed by atoms with Gasteiger partial charge in [0, 0.05) is 5.92 Å². The minimum Gasteiger partial charge on any atom is -0.503 e. The van der Waals surface area contributed by atoms with Crippen molar-refractivity contribution in [3.05, 3.63) is 65.2 Å². The van der Waals surface area contributed by atoms with Crippen molar-refractivity contribution >= 4 is 12.0 Å². The number of cyclic esters (lactones) is 1. The molecule has 3 rings (SSSR count). The van der Waals surface area contributed by atoms with E-state index >= 15 is 0 Å². The molecule has 2 aromatic rings. The van der Waals surface area contributed by atoms with Crippen LogP contribution in [-0.2, 0) is 22.4 Å². The van der Waals surface area contributed by atoms with Crippen molar-refractivity contribution in [1.29, 1.82) is 0 Å². The highest BCUT2D eigenvalue weighted by molar-refractivity contribution is 5.94. The van der Waals surface area contributed by atoms with Gasteiger partial charge in [-0.2, -0.15) is 0 Å². The lowest BCUT2D eigenvalue weighted by atomic mass is 9.98. The van der Waals surface area contributed by atoms with E-state index in [0.29, 0.717) is 6.42 Å². The Balaban J connectivity index is 1.73. The third kappa shape index (κ3) is 4.07. The summed E-state index contributed by atoms with van der Waals surface area (Å²) in [5.41, 5.74) is 1.18. The highest BCUT2D eigenvalue weighted by atomic mass is 19.1. The summed E-state index contributed by atoms with van der Waals surface area (Å²) in [4.78, 5) is 25.9. The Labute approximate surface area is 155 Å². The van der Waals surface area contributed by atoms with Gasteiger partial charge in [-0.1, -0.05) is 37.3 Å². The number of amides is 2. The average molecular weight is 375 g/mol. The second-order valence-corrected chi connectivity index (χ2v) is 6.64. The molecular weight excluding hydrogens is 356 g/mol. The molecule has 7 heteroatoms. The van der Waals surface area contributed by atoms with Crippen LogP contribution < -0.4 is 0 Å². The summed E-state index contributed by atoms with van der Waals surface area (Å²) in [6.07, 6.45) is -0.224. The first-order valence-electron chi connectivity index (χ1n) is 8.57. The van der Waals surface area contributed by atoms with Crippen molar-refractivity contribution in [2.75, 3.05) is 6.61 Å². The number of imide groups is 1.